The fraction of sp³-hybridized carbons (Fsp3) is 0.333. The van der Waals surface area contributed by atoms with Crippen LogP contribution in [0.25, 0.3) is 0 Å². The van der Waals surface area contributed by atoms with Crippen LogP contribution in [0.5, 0.6) is 0 Å². The molecule has 0 N–H and O–H groups in total. The van der Waals surface area contributed by atoms with Crippen LogP contribution in [0.1, 0.15) is 4.28 Å². The second-order valence-corrected chi connectivity index (χ2v) is 0.644. The Labute approximate surface area is 55.5 Å². The number of allylic oxidation sites excluding steroid dienone is 1. The molecule has 0 bridgehead atoms. The van der Waals surface area contributed by atoms with E-state index in [1.165, 1.54) is 0 Å². The molecule has 31 valence electrons. The number of rotatable bonds is 1. The first kappa shape index (κ1) is 9.15. The van der Waals surface area contributed by atoms with E-state index >= 15 is 0 Å². The van der Waals surface area contributed by atoms with Crippen LogP contribution in [0, 0.1) is 6.58 Å². The van der Waals surface area contributed by atoms with Crippen LogP contribution in [-0.4, -0.2) is 31.8 Å². The van der Waals surface area contributed by atoms with Crippen LogP contribution in [0.2, 0.25) is 6.32 Å². The Balaban J connectivity index is -0.00000000750. The van der Waals surface area contributed by atoms with Crippen molar-refractivity contribution in [1.29, 1.82) is 0 Å². The normalized spacial score (nSPS) is 4.80. The van der Waals surface area contributed by atoms with E-state index < -0.39 is 0 Å². The Morgan fingerprint density at radius 1 is 2.00 bits per heavy atom. The van der Waals surface area contributed by atoms with Crippen LogP contribution in [0.4, 0.5) is 0 Å². The molecule has 0 aliphatic rings. The van der Waals surface area contributed by atoms with Gasteiger partial charge < -0.3 is 0 Å². The molecule has 0 fully saturated rings. The fourth-order valence-electron chi connectivity index (χ4n) is 0. The molecule has 0 aromatic heterocycles. The quantitative estimate of drug-likeness (QED) is 0.509. The summed E-state index contributed by atoms with van der Waals surface area (Å²) in [5, 5.41) is 0. The van der Waals surface area contributed by atoms with Gasteiger partial charge in [-0.15, -0.1) is 0 Å². The Morgan fingerprint density at radius 3 is 2.20 bits per heavy atom. The molecule has 0 rings (SSSR count). The summed E-state index contributed by atoms with van der Waals surface area (Å²) >= 11 is 0. The van der Waals surface area contributed by atoms with Crippen LogP contribution in [0.3, 0.4) is 0 Å². The molecule has 0 spiro atoms. The molecular formula is C3H12BSn. The van der Waals surface area contributed by atoms with Crippen LogP contribution < -0.4 is 0 Å². The molecule has 0 saturated heterocycles. The third kappa shape index (κ3) is 12.1. The second kappa shape index (κ2) is 8.82. The van der Waals surface area contributed by atoms with Crippen LogP contribution >= 0.6 is 0 Å². The summed E-state index contributed by atoms with van der Waals surface area (Å²) in [6.45, 7) is 4.90. The minimum Gasteiger partial charge on any atom is -0.0924 e. The van der Waals surface area contributed by atoms with Gasteiger partial charge in [0.15, 0.2) is 0 Å². The van der Waals surface area contributed by atoms with Crippen molar-refractivity contribution >= 4 is 31.8 Å². The molecule has 0 atom stereocenters. The van der Waals surface area contributed by atoms with Crippen LogP contribution in [0.15, 0.2) is 6.08 Å². The largest absolute Gasteiger partial charge is 0.106 e. The Morgan fingerprint density at radius 2 is 2.20 bits per heavy atom. The minimum atomic E-state index is 0. The molecule has 2 heteroatoms. The molecule has 0 heterocycles. The average Bonchev–Trinajstić information content (AvgIpc) is 1.37. The summed E-state index contributed by atoms with van der Waals surface area (Å²) in [5.41, 5.74) is 0. The van der Waals surface area contributed by atoms with Crippen molar-refractivity contribution in [2.75, 3.05) is 0 Å². The van der Waals surface area contributed by atoms with Gasteiger partial charge in [0.1, 0.15) is 7.85 Å². The van der Waals surface area contributed by atoms with Gasteiger partial charge in [0.25, 0.3) is 0 Å². The third-order valence-corrected chi connectivity index (χ3v) is 0.236. The summed E-state index contributed by atoms with van der Waals surface area (Å²) < 4.78 is 0. The first-order valence-corrected chi connectivity index (χ1v) is 1.45. The van der Waals surface area contributed by atoms with Crippen molar-refractivity contribution in [1.82, 2.24) is 0 Å². The van der Waals surface area contributed by atoms with Gasteiger partial charge >= 0.3 is 0 Å². The van der Waals surface area contributed by atoms with Gasteiger partial charge in [-0.05, 0) is 0 Å². The van der Waals surface area contributed by atoms with Crippen molar-refractivity contribution in [3.05, 3.63) is 12.7 Å². The van der Waals surface area contributed by atoms with Gasteiger partial charge in [0, 0.05) is 28.2 Å². The Bertz CT molecular complexity index is 28.5. The summed E-state index contributed by atoms with van der Waals surface area (Å²) in [5.74, 6) is 0. The molecule has 0 aliphatic carbocycles. The Kier molecular flexibility index (Phi) is 16.1. The van der Waals surface area contributed by atoms with Gasteiger partial charge in [0.2, 0.25) is 0 Å². The van der Waals surface area contributed by atoms with Crippen molar-refractivity contribution < 1.29 is 4.28 Å². The summed E-state index contributed by atoms with van der Waals surface area (Å²) in [4.78, 5) is 0. The molecule has 0 amide bonds. The molecule has 0 aliphatic heterocycles. The van der Waals surface area contributed by atoms with Crippen LogP contribution in [-0.2, 0) is 0 Å². The number of hydrogen-bond acceptors (Lipinski definition) is 0. The Hall–Kier alpha value is 0.604. The van der Waals surface area contributed by atoms with E-state index in [0.717, 1.165) is 6.32 Å². The van der Waals surface area contributed by atoms with Crippen molar-refractivity contribution in [3.8, 4) is 0 Å². The maximum Gasteiger partial charge on any atom is 0.106 e. The van der Waals surface area contributed by atoms with Gasteiger partial charge in [-0.1, -0.05) is 19.0 Å². The van der Waals surface area contributed by atoms with Gasteiger partial charge in [-0.3, -0.25) is 0 Å². The minimum absolute atomic E-state index is 0. The molecule has 0 unspecified atom stereocenters. The predicted molar refractivity (Wildman–Crippen MR) is 34.3 cm³/mol. The topological polar surface area (TPSA) is 0 Å². The van der Waals surface area contributed by atoms with Crippen molar-refractivity contribution in [2.24, 2.45) is 0 Å². The second-order valence-electron chi connectivity index (χ2n) is 0.644. The fourth-order valence-corrected chi connectivity index (χ4v) is 0. The van der Waals surface area contributed by atoms with Gasteiger partial charge in [0.05, 0.1) is 0 Å². The predicted octanol–water partition coefficient (Wildman–Crippen LogP) is 0.384. The monoisotopic (exact) mass is 179 g/mol. The van der Waals surface area contributed by atoms with E-state index in [9.17, 15) is 0 Å². The zero-order valence-corrected chi connectivity index (χ0v) is 6.22. The summed E-state index contributed by atoms with van der Waals surface area (Å²) in [6, 6.07) is 0. The third-order valence-electron chi connectivity index (χ3n) is 0.236. The standard InChI is InChI=1S/C3H6B.Sn.3H2/c1-2-3-4;;;;/h1-2H,3-4H2;;3*1H. The first-order chi connectivity index (χ1) is 1.91. The molecule has 0 nitrogen and oxygen atoms in total. The maximum absolute atomic E-state index is 4.90. The van der Waals surface area contributed by atoms with E-state index in [4.69, 9.17) is 6.58 Å². The molecule has 0 aromatic carbocycles. The zero-order chi connectivity index (χ0) is 3.41. The van der Waals surface area contributed by atoms with E-state index in [0.29, 0.717) is 0 Å². The molecular weight excluding hydrogens is 166 g/mol. The van der Waals surface area contributed by atoms with Gasteiger partial charge in [-0.25, -0.2) is 0 Å². The molecule has 0 aromatic rings. The number of hydrogen-bond donors (Lipinski definition) is 0. The zero-order valence-electron chi connectivity index (χ0n) is 3.36. The molecule has 5 radical (unpaired) electrons. The van der Waals surface area contributed by atoms with E-state index in [1.807, 2.05) is 7.85 Å². The van der Waals surface area contributed by atoms with E-state index in [-0.39, 0.29) is 28.2 Å². The van der Waals surface area contributed by atoms with E-state index in [1.54, 1.807) is 6.08 Å². The van der Waals surface area contributed by atoms with Crippen molar-refractivity contribution in [3.63, 3.8) is 0 Å². The first-order valence-electron chi connectivity index (χ1n) is 1.45. The SMILES string of the molecule is BCC=[CH].[HH].[HH].[HH].[Sn]. The van der Waals surface area contributed by atoms with Gasteiger partial charge in [-0.2, -0.15) is 0 Å². The maximum atomic E-state index is 4.90. The smallest absolute Gasteiger partial charge is 0.0924 e. The van der Waals surface area contributed by atoms with E-state index in [2.05, 4.69) is 0 Å². The van der Waals surface area contributed by atoms with Crippen molar-refractivity contribution in [2.45, 2.75) is 6.32 Å². The summed E-state index contributed by atoms with van der Waals surface area (Å²) in [7, 11) is 2.00. The molecule has 5 heavy (non-hydrogen) atoms. The molecule has 0 saturated carbocycles. The summed E-state index contributed by atoms with van der Waals surface area (Å²) in [6.07, 6.45) is 2.60. The average molecular weight is 178 g/mol.